The lowest BCUT2D eigenvalue weighted by molar-refractivity contribution is 0.272. The van der Waals surface area contributed by atoms with Gasteiger partial charge in [-0.1, -0.05) is 26.2 Å². The summed E-state index contributed by atoms with van der Waals surface area (Å²) in [4.78, 5) is 4.77. The predicted molar refractivity (Wildman–Crippen MR) is 109 cm³/mol. The van der Waals surface area contributed by atoms with E-state index < -0.39 is 10.0 Å². The van der Waals surface area contributed by atoms with E-state index in [1.165, 1.54) is 32.1 Å². The number of nitrogens with zero attached hydrogens (tertiary/aromatic N) is 2. The van der Waals surface area contributed by atoms with Crippen molar-refractivity contribution < 1.29 is 8.42 Å². The van der Waals surface area contributed by atoms with Gasteiger partial charge in [0.25, 0.3) is 0 Å². The van der Waals surface area contributed by atoms with Gasteiger partial charge in [-0.15, -0.1) is 0 Å². The monoisotopic (exact) mass is 386 g/mol. The summed E-state index contributed by atoms with van der Waals surface area (Å²) in [5.74, 6) is 2.77. The van der Waals surface area contributed by atoms with E-state index in [1.54, 1.807) is 11.2 Å². The third kappa shape index (κ3) is 6.72. The van der Waals surface area contributed by atoms with E-state index in [4.69, 9.17) is 4.99 Å². The maximum Gasteiger partial charge on any atom is 0.213 e. The summed E-state index contributed by atoms with van der Waals surface area (Å²) >= 11 is 0. The molecule has 6 nitrogen and oxygen atoms in total. The minimum atomic E-state index is -3.05. The fourth-order valence-corrected chi connectivity index (χ4v) is 5.29. The molecule has 26 heavy (non-hydrogen) atoms. The minimum absolute atomic E-state index is 0.189. The fraction of sp³-hybridized carbons (Fsp3) is 0.947. The first-order valence-electron chi connectivity index (χ1n) is 10.5. The third-order valence-corrected chi connectivity index (χ3v) is 7.63. The van der Waals surface area contributed by atoms with Crippen LogP contribution in [-0.4, -0.2) is 56.7 Å². The van der Waals surface area contributed by atoms with Crippen molar-refractivity contribution >= 4 is 16.0 Å². The molecule has 1 saturated carbocycles. The Kier molecular flexibility index (Phi) is 8.67. The standard InChI is InChI=1S/C19H38N4O2S/c1-4-20-19(21-12-9-17-8-6-7-16(3)15-17)22-18-10-13-23(14-11-18)26(24,25)5-2/h16-18H,4-15H2,1-3H3,(H2,20,21,22). The zero-order valence-corrected chi connectivity index (χ0v) is 17.7. The van der Waals surface area contributed by atoms with Crippen LogP contribution in [0.3, 0.4) is 0 Å². The van der Waals surface area contributed by atoms with Gasteiger partial charge in [0.1, 0.15) is 0 Å². The Balaban J connectivity index is 1.78. The van der Waals surface area contributed by atoms with Gasteiger partial charge >= 0.3 is 0 Å². The molecule has 0 aromatic rings. The Morgan fingerprint density at radius 1 is 1.15 bits per heavy atom. The van der Waals surface area contributed by atoms with E-state index >= 15 is 0 Å². The van der Waals surface area contributed by atoms with Gasteiger partial charge in [0.15, 0.2) is 5.96 Å². The molecule has 1 aliphatic carbocycles. The molecule has 0 spiro atoms. The second kappa shape index (κ2) is 10.5. The summed E-state index contributed by atoms with van der Waals surface area (Å²) in [7, 11) is -3.05. The first kappa shape index (κ1) is 21.5. The molecule has 2 fully saturated rings. The van der Waals surface area contributed by atoms with Crippen molar-refractivity contribution in [3.05, 3.63) is 0 Å². The topological polar surface area (TPSA) is 73.8 Å². The second-order valence-electron chi connectivity index (χ2n) is 7.91. The molecule has 0 aromatic heterocycles. The van der Waals surface area contributed by atoms with Crippen molar-refractivity contribution in [2.45, 2.75) is 71.8 Å². The zero-order chi connectivity index (χ0) is 19.0. The fourth-order valence-electron chi connectivity index (χ4n) is 4.16. The van der Waals surface area contributed by atoms with Crippen LogP contribution < -0.4 is 10.6 Å². The van der Waals surface area contributed by atoms with Gasteiger partial charge in [-0.05, 0) is 51.4 Å². The van der Waals surface area contributed by atoms with Gasteiger partial charge in [0.05, 0.1) is 5.75 Å². The largest absolute Gasteiger partial charge is 0.357 e. The lowest BCUT2D eigenvalue weighted by Gasteiger charge is -2.32. The second-order valence-corrected chi connectivity index (χ2v) is 10.2. The van der Waals surface area contributed by atoms with Crippen LogP contribution in [0.4, 0.5) is 0 Å². The van der Waals surface area contributed by atoms with Crippen molar-refractivity contribution in [2.75, 3.05) is 31.9 Å². The highest BCUT2D eigenvalue weighted by Gasteiger charge is 2.27. The third-order valence-electron chi connectivity index (χ3n) is 5.75. The molecular weight excluding hydrogens is 348 g/mol. The van der Waals surface area contributed by atoms with Gasteiger partial charge < -0.3 is 10.6 Å². The number of hydrogen-bond acceptors (Lipinski definition) is 3. The SMILES string of the molecule is CCNC(=NCCC1CCCC(C)C1)NC1CCN(S(=O)(=O)CC)CC1. The summed E-state index contributed by atoms with van der Waals surface area (Å²) in [6.07, 6.45) is 8.31. The van der Waals surface area contributed by atoms with Crippen LogP contribution in [-0.2, 0) is 10.0 Å². The Morgan fingerprint density at radius 2 is 1.88 bits per heavy atom. The van der Waals surface area contributed by atoms with Crippen LogP contribution in [0.2, 0.25) is 0 Å². The minimum Gasteiger partial charge on any atom is -0.357 e. The van der Waals surface area contributed by atoms with Crippen LogP contribution in [0.5, 0.6) is 0 Å². The molecule has 1 saturated heterocycles. The molecule has 2 aliphatic rings. The Morgan fingerprint density at radius 3 is 2.50 bits per heavy atom. The number of piperidine rings is 1. The molecule has 152 valence electrons. The lowest BCUT2D eigenvalue weighted by Crippen LogP contribution is -2.50. The molecular formula is C19H38N4O2S. The summed E-state index contributed by atoms with van der Waals surface area (Å²) in [5.41, 5.74) is 0. The number of hydrogen-bond donors (Lipinski definition) is 2. The maximum atomic E-state index is 12.0. The molecule has 2 rings (SSSR count). The van der Waals surface area contributed by atoms with Crippen LogP contribution in [0.15, 0.2) is 4.99 Å². The first-order valence-corrected chi connectivity index (χ1v) is 12.1. The molecule has 0 bridgehead atoms. The van der Waals surface area contributed by atoms with Crippen LogP contribution in [0.25, 0.3) is 0 Å². The van der Waals surface area contributed by atoms with E-state index in [0.29, 0.717) is 19.1 Å². The van der Waals surface area contributed by atoms with Gasteiger partial charge in [0, 0.05) is 32.2 Å². The lowest BCUT2D eigenvalue weighted by atomic mass is 9.81. The molecule has 2 atom stereocenters. The smallest absolute Gasteiger partial charge is 0.213 e. The van der Waals surface area contributed by atoms with E-state index in [9.17, 15) is 8.42 Å². The number of nitrogens with one attached hydrogen (secondary N) is 2. The Bertz CT molecular complexity index is 542. The summed E-state index contributed by atoms with van der Waals surface area (Å²) in [6, 6.07) is 0.297. The maximum absolute atomic E-state index is 12.0. The number of aliphatic imine (C=N–C) groups is 1. The van der Waals surface area contributed by atoms with Gasteiger partial charge in [-0.25, -0.2) is 12.7 Å². The summed E-state index contributed by atoms with van der Waals surface area (Å²) in [6.45, 7) is 9.08. The molecule has 0 amide bonds. The van der Waals surface area contributed by atoms with Gasteiger partial charge in [-0.3, -0.25) is 4.99 Å². The highest BCUT2D eigenvalue weighted by atomic mass is 32.2. The molecule has 7 heteroatoms. The molecule has 0 aromatic carbocycles. The number of rotatable bonds is 7. The van der Waals surface area contributed by atoms with E-state index in [-0.39, 0.29) is 5.75 Å². The number of guanidine groups is 1. The van der Waals surface area contributed by atoms with E-state index in [2.05, 4.69) is 24.5 Å². The van der Waals surface area contributed by atoms with Crippen LogP contribution in [0, 0.1) is 11.8 Å². The van der Waals surface area contributed by atoms with Crippen molar-refractivity contribution in [1.29, 1.82) is 0 Å². The first-order chi connectivity index (χ1) is 12.4. The molecule has 1 heterocycles. The van der Waals surface area contributed by atoms with Gasteiger partial charge in [0.2, 0.25) is 10.0 Å². The predicted octanol–water partition coefficient (Wildman–Crippen LogP) is 2.57. The van der Waals surface area contributed by atoms with Crippen molar-refractivity contribution in [3.63, 3.8) is 0 Å². The summed E-state index contributed by atoms with van der Waals surface area (Å²) < 4.78 is 25.6. The quantitative estimate of drug-likeness (QED) is 0.521. The summed E-state index contributed by atoms with van der Waals surface area (Å²) in [5, 5.41) is 6.85. The molecule has 2 N–H and O–H groups in total. The van der Waals surface area contributed by atoms with Crippen molar-refractivity contribution in [3.8, 4) is 0 Å². The molecule has 2 unspecified atom stereocenters. The number of sulfonamides is 1. The zero-order valence-electron chi connectivity index (χ0n) is 16.8. The van der Waals surface area contributed by atoms with E-state index in [0.717, 1.165) is 43.7 Å². The highest BCUT2D eigenvalue weighted by molar-refractivity contribution is 7.89. The average Bonchev–Trinajstić information content (AvgIpc) is 2.62. The molecule has 1 aliphatic heterocycles. The van der Waals surface area contributed by atoms with Gasteiger partial charge in [-0.2, -0.15) is 0 Å². The Labute approximate surface area is 160 Å². The normalized spacial score (nSPS) is 26.7. The molecule has 0 radical (unpaired) electrons. The van der Waals surface area contributed by atoms with Crippen LogP contribution >= 0.6 is 0 Å². The van der Waals surface area contributed by atoms with Crippen molar-refractivity contribution in [1.82, 2.24) is 14.9 Å². The van der Waals surface area contributed by atoms with Crippen LogP contribution in [0.1, 0.15) is 65.7 Å². The highest BCUT2D eigenvalue weighted by Crippen LogP contribution is 2.30. The Hall–Kier alpha value is -0.820. The van der Waals surface area contributed by atoms with E-state index in [1.807, 2.05) is 0 Å². The van der Waals surface area contributed by atoms with Crippen molar-refractivity contribution in [2.24, 2.45) is 16.8 Å². The average molecular weight is 387 g/mol.